The van der Waals surface area contributed by atoms with Crippen molar-refractivity contribution in [2.24, 2.45) is 0 Å². The van der Waals surface area contributed by atoms with Crippen molar-refractivity contribution in [3.05, 3.63) is 24.3 Å². The maximum absolute atomic E-state index is 12.6. The molecule has 45 heavy (non-hydrogen) atoms. The van der Waals surface area contributed by atoms with E-state index in [-0.39, 0.29) is 26.1 Å². The second-order valence-electron chi connectivity index (χ2n) is 12.0. The lowest BCUT2D eigenvalue weighted by Crippen LogP contribution is -2.59. The lowest BCUT2D eigenvalue weighted by molar-refractivity contribution is -0.305. The molecule has 4 N–H and O–H groups in total. The van der Waals surface area contributed by atoms with Crippen LogP contribution in [-0.4, -0.2) is 89.0 Å². The number of carbonyl (C=O) groups is 2. The average Bonchev–Trinajstić information content (AvgIpc) is 3.03. The van der Waals surface area contributed by atoms with Crippen LogP contribution < -0.4 is 0 Å². The summed E-state index contributed by atoms with van der Waals surface area (Å²) in [5.74, 6) is -0.840. The van der Waals surface area contributed by atoms with Gasteiger partial charge < -0.3 is 39.4 Å². The predicted molar refractivity (Wildman–Crippen MR) is 173 cm³/mol. The average molecular weight is 643 g/mol. The monoisotopic (exact) mass is 642 g/mol. The second-order valence-corrected chi connectivity index (χ2v) is 12.0. The number of carbonyl (C=O) groups excluding carboxylic acids is 2. The second kappa shape index (κ2) is 27.3. The molecule has 1 aliphatic heterocycles. The van der Waals surface area contributed by atoms with Crippen LogP contribution >= 0.6 is 0 Å². The number of aliphatic hydroxyl groups is 4. The number of rotatable bonds is 27. The van der Waals surface area contributed by atoms with Gasteiger partial charge in [-0.05, 0) is 44.9 Å². The van der Waals surface area contributed by atoms with Crippen LogP contribution in [-0.2, 0) is 28.5 Å². The highest BCUT2D eigenvalue weighted by Crippen LogP contribution is 2.22. The summed E-state index contributed by atoms with van der Waals surface area (Å²) in [5.41, 5.74) is 0. The zero-order valence-electron chi connectivity index (χ0n) is 27.9. The van der Waals surface area contributed by atoms with Gasteiger partial charge in [0.1, 0.15) is 31.0 Å². The number of esters is 2. The van der Waals surface area contributed by atoms with Gasteiger partial charge in [0.05, 0.1) is 13.2 Å². The van der Waals surface area contributed by atoms with Gasteiger partial charge in [-0.1, -0.05) is 95.9 Å². The number of hydrogen-bond donors (Lipinski definition) is 4. The summed E-state index contributed by atoms with van der Waals surface area (Å²) in [6.07, 6.45) is 18.1. The van der Waals surface area contributed by atoms with E-state index in [1.54, 1.807) is 0 Å². The molecule has 262 valence electrons. The first-order valence-corrected chi connectivity index (χ1v) is 17.4. The summed E-state index contributed by atoms with van der Waals surface area (Å²) in [7, 11) is 0. The first-order chi connectivity index (χ1) is 21.8. The van der Waals surface area contributed by atoms with Gasteiger partial charge in [0.15, 0.2) is 12.4 Å². The molecule has 1 heterocycles. The molecule has 0 radical (unpaired) electrons. The summed E-state index contributed by atoms with van der Waals surface area (Å²) in [6, 6.07) is 0. The topological polar surface area (TPSA) is 152 Å². The molecular weight excluding hydrogens is 580 g/mol. The van der Waals surface area contributed by atoms with Crippen LogP contribution in [0, 0.1) is 0 Å². The van der Waals surface area contributed by atoms with Crippen LogP contribution in [0.4, 0.5) is 0 Å². The van der Waals surface area contributed by atoms with Crippen molar-refractivity contribution >= 4 is 11.9 Å². The van der Waals surface area contributed by atoms with Crippen molar-refractivity contribution < 1.29 is 49.0 Å². The van der Waals surface area contributed by atoms with E-state index < -0.39 is 55.4 Å². The number of aliphatic hydroxyl groups excluding tert-OH is 4. The van der Waals surface area contributed by atoms with Gasteiger partial charge in [0.25, 0.3) is 0 Å². The minimum atomic E-state index is -1.59. The smallest absolute Gasteiger partial charge is 0.306 e. The van der Waals surface area contributed by atoms with Gasteiger partial charge in [-0.3, -0.25) is 9.59 Å². The minimum absolute atomic E-state index is 0.215. The van der Waals surface area contributed by atoms with Crippen LogP contribution in [0.25, 0.3) is 0 Å². The molecule has 1 fully saturated rings. The highest BCUT2D eigenvalue weighted by atomic mass is 16.7. The molecule has 1 aliphatic rings. The van der Waals surface area contributed by atoms with Crippen LogP contribution in [0.5, 0.6) is 0 Å². The Balaban J connectivity index is 2.40. The third-order valence-corrected chi connectivity index (χ3v) is 7.84. The van der Waals surface area contributed by atoms with Gasteiger partial charge >= 0.3 is 11.9 Å². The van der Waals surface area contributed by atoms with Crippen molar-refractivity contribution in [2.75, 3.05) is 19.8 Å². The standard InChI is InChI=1S/C35H62O10/c1-3-5-7-9-10-11-12-13-14-15-16-17-18-20-22-24-31(38)44-28(26-42-30(37)23-21-19-8-6-4-2)27-43-35-34(41)33(40)32(39)29(25-36)45-35/h10-11,13-14,28-29,32-36,39-41H,3-9,12,15-27H2,1-2H3/b11-10-,14-13-/t28?,29-,32+,33+,34-,35-/m1/s1. The number of unbranched alkanes of at least 4 members (excludes halogenated alkanes) is 12. The van der Waals surface area contributed by atoms with E-state index in [2.05, 4.69) is 38.2 Å². The Bertz CT molecular complexity index is 799. The SMILES string of the molecule is CCCCC/C=C\C/C=C\CCCCCCCC(=O)OC(COC(=O)CCCCCCC)CO[C@@H]1O[C@H](CO)[C@H](O)[C@H](O)[C@H]1O. The summed E-state index contributed by atoms with van der Waals surface area (Å²) in [6.45, 7) is 3.25. The molecule has 0 amide bonds. The summed E-state index contributed by atoms with van der Waals surface area (Å²) in [5, 5.41) is 39.7. The minimum Gasteiger partial charge on any atom is -0.462 e. The zero-order valence-corrected chi connectivity index (χ0v) is 27.9. The van der Waals surface area contributed by atoms with E-state index in [9.17, 15) is 30.0 Å². The summed E-state index contributed by atoms with van der Waals surface area (Å²) >= 11 is 0. The first kappa shape index (κ1) is 41.2. The first-order valence-electron chi connectivity index (χ1n) is 17.4. The Kier molecular flexibility index (Phi) is 25.0. The van der Waals surface area contributed by atoms with E-state index in [1.807, 2.05) is 0 Å². The van der Waals surface area contributed by atoms with Gasteiger partial charge in [0.2, 0.25) is 0 Å². The highest BCUT2D eigenvalue weighted by molar-refractivity contribution is 5.70. The summed E-state index contributed by atoms with van der Waals surface area (Å²) < 4.78 is 21.8. The van der Waals surface area contributed by atoms with Gasteiger partial charge in [0, 0.05) is 12.8 Å². The number of hydrogen-bond acceptors (Lipinski definition) is 10. The Hall–Kier alpha value is -1.82. The van der Waals surface area contributed by atoms with Crippen LogP contribution in [0.1, 0.15) is 129 Å². The Morgan fingerprint density at radius 3 is 1.89 bits per heavy atom. The van der Waals surface area contributed by atoms with E-state index >= 15 is 0 Å². The third kappa shape index (κ3) is 20.1. The molecule has 0 aliphatic carbocycles. The fourth-order valence-corrected chi connectivity index (χ4v) is 4.98. The predicted octanol–water partition coefficient (Wildman–Crippen LogP) is 5.43. The van der Waals surface area contributed by atoms with Gasteiger partial charge in [-0.2, -0.15) is 0 Å². The molecule has 0 saturated carbocycles. The third-order valence-electron chi connectivity index (χ3n) is 7.84. The molecule has 10 heteroatoms. The molecule has 1 unspecified atom stereocenters. The zero-order chi connectivity index (χ0) is 33.1. The van der Waals surface area contributed by atoms with E-state index in [4.69, 9.17) is 18.9 Å². The lowest BCUT2D eigenvalue weighted by Gasteiger charge is -2.39. The van der Waals surface area contributed by atoms with Gasteiger partial charge in [-0.25, -0.2) is 0 Å². The number of ether oxygens (including phenoxy) is 4. The largest absolute Gasteiger partial charge is 0.462 e. The van der Waals surface area contributed by atoms with Crippen molar-refractivity contribution in [2.45, 2.75) is 166 Å². The molecule has 0 aromatic carbocycles. The van der Waals surface area contributed by atoms with Crippen molar-refractivity contribution in [1.29, 1.82) is 0 Å². The van der Waals surface area contributed by atoms with E-state index in [0.717, 1.165) is 70.6 Å². The van der Waals surface area contributed by atoms with E-state index in [1.165, 1.54) is 25.7 Å². The van der Waals surface area contributed by atoms with Gasteiger partial charge in [-0.15, -0.1) is 0 Å². The number of allylic oxidation sites excluding steroid dienone is 4. The van der Waals surface area contributed by atoms with Crippen LogP contribution in [0.15, 0.2) is 24.3 Å². The van der Waals surface area contributed by atoms with Crippen LogP contribution in [0.3, 0.4) is 0 Å². The Morgan fingerprint density at radius 2 is 1.24 bits per heavy atom. The molecule has 10 nitrogen and oxygen atoms in total. The Morgan fingerprint density at radius 1 is 0.689 bits per heavy atom. The molecular formula is C35H62O10. The molecule has 1 rings (SSSR count). The molecule has 1 saturated heterocycles. The molecule has 0 bridgehead atoms. The van der Waals surface area contributed by atoms with Crippen molar-refractivity contribution in [3.63, 3.8) is 0 Å². The molecule has 0 aromatic heterocycles. The fraction of sp³-hybridized carbons (Fsp3) is 0.829. The maximum Gasteiger partial charge on any atom is 0.306 e. The fourth-order valence-electron chi connectivity index (χ4n) is 4.98. The molecule has 0 aromatic rings. The Labute approximate surface area is 271 Å². The van der Waals surface area contributed by atoms with E-state index in [0.29, 0.717) is 6.42 Å². The lowest BCUT2D eigenvalue weighted by atomic mass is 9.99. The van der Waals surface area contributed by atoms with Crippen molar-refractivity contribution in [3.8, 4) is 0 Å². The van der Waals surface area contributed by atoms with Crippen molar-refractivity contribution in [1.82, 2.24) is 0 Å². The highest BCUT2D eigenvalue weighted by Gasteiger charge is 2.44. The maximum atomic E-state index is 12.6. The van der Waals surface area contributed by atoms with Crippen LogP contribution in [0.2, 0.25) is 0 Å². The molecule has 6 atom stereocenters. The quantitative estimate of drug-likeness (QED) is 0.0518. The summed E-state index contributed by atoms with van der Waals surface area (Å²) in [4.78, 5) is 24.8. The normalized spacial score (nSPS) is 22.7. The molecule has 0 spiro atoms.